The predicted molar refractivity (Wildman–Crippen MR) is 55.8 cm³/mol. The monoisotopic (exact) mass is 234 g/mol. The fourth-order valence-corrected chi connectivity index (χ4v) is 0.913. The van der Waals surface area contributed by atoms with Crippen molar-refractivity contribution >= 4 is 11.9 Å². The lowest BCUT2D eigenvalue weighted by atomic mass is 10.2. The van der Waals surface area contributed by atoms with E-state index in [1.807, 2.05) is 0 Å². The number of nitrogens with one attached hydrogen (secondary N) is 1. The van der Waals surface area contributed by atoms with Crippen LogP contribution in [0.1, 0.15) is 12.8 Å². The van der Waals surface area contributed by atoms with Crippen LogP contribution in [-0.4, -0.2) is 42.2 Å². The molecule has 0 aromatic carbocycles. The van der Waals surface area contributed by atoms with Crippen LogP contribution in [0.15, 0.2) is 4.99 Å². The fraction of sp³-hybridized carbons (Fsp3) is 0.714. The lowest BCUT2D eigenvalue weighted by Gasteiger charge is -2.20. The van der Waals surface area contributed by atoms with E-state index in [1.165, 1.54) is 7.11 Å². The number of hydrazine groups is 1. The summed E-state index contributed by atoms with van der Waals surface area (Å²) in [5.41, 5.74) is 12.5. The molecule has 0 radical (unpaired) electrons. The average molecular weight is 234 g/mol. The molecule has 9 heteroatoms. The van der Waals surface area contributed by atoms with Gasteiger partial charge in [0.2, 0.25) is 5.96 Å². The van der Waals surface area contributed by atoms with Crippen LogP contribution in [0.25, 0.3) is 0 Å². The molecule has 0 unspecified atom stereocenters. The molecule has 0 amide bonds. The van der Waals surface area contributed by atoms with Crippen LogP contribution in [0.5, 0.6) is 0 Å². The van der Waals surface area contributed by atoms with Gasteiger partial charge in [0.15, 0.2) is 0 Å². The number of hydrogen-bond acceptors (Lipinski definition) is 7. The van der Waals surface area contributed by atoms with Gasteiger partial charge >= 0.3 is 5.97 Å². The zero-order valence-corrected chi connectivity index (χ0v) is 8.92. The van der Waals surface area contributed by atoms with Crippen molar-refractivity contribution in [2.45, 2.75) is 18.9 Å². The molecule has 0 aliphatic rings. The summed E-state index contributed by atoms with van der Waals surface area (Å²) in [7, 11) is 1.26. The van der Waals surface area contributed by atoms with Crippen LogP contribution in [0.2, 0.25) is 0 Å². The molecular weight excluding hydrogens is 218 g/mol. The van der Waals surface area contributed by atoms with Crippen LogP contribution in [0.4, 0.5) is 0 Å². The number of carbonyl (C=O) groups excluding carboxylic acids is 1. The lowest BCUT2D eigenvalue weighted by molar-refractivity contribution is -0.142. The Morgan fingerprint density at radius 2 is 2.38 bits per heavy atom. The van der Waals surface area contributed by atoms with Gasteiger partial charge in [-0.1, -0.05) is 0 Å². The van der Waals surface area contributed by atoms with Gasteiger partial charge in [-0.25, -0.2) is 0 Å². The Morgan fingerprint density at radius 3 is 2.88 bits per heavy atom. The van der Waals surface area contributed by atoms with Crippen LogP contribution >= 0.6 is 0 Å². The normalized spacial score (nSPS) is 13.7. The van der Waals surface area contributed by atoms with E-state index in [0.717, 1.165) is 0 Å². The van der Waals surface area contributed by atoms with Crippen LogP contribution in [0, 0.1) is 5.21 Å². The van der Waals surface area contributed by atoms with E-state index >= 15 is 0 Å². The molecule has 0 aromatic rings. The summed E-state index contributed by atoms with van der Waals surface area (Å²) in [4.78, 5) is 14.6. The first-order valence-electron chi connectivity index (χ1n) is 4.53. The molecular formula is C7H16N5O4-. The van der Waals surface area contributed by atoms with Crippen molar-refractivity contribution in [3.05, 3.63) is 5.21 Å². The van der Waals surface area contributed by atoms with E-state index in [-0.39, 0.29) is 12.5 Å². The van der Waals surface area contributed by atoms with E-state index in [0.29, 0.717) is 12.8 Å². The molecule has 0 fully saturated rings. The number of nitrogens with two attached hydrogens (primary N) is 2. The van der Waals surface area contributed by atoms with Gasteiger partial charge in [-0.05, 0) is 12.8 Å². The smallest absolute Gasteiger partial charge is 0.322 e. The van der Waals surface area contributed by atoms with Gasteiger partial charge in [0.25, 0.3) is 0 Å². The summed E-state index contributed by atoms with van der Waals surface area (Å²) < 4.78 is 4.42. The number of rotatable bonds is 6. The quantitative estimate of drug-likeness (QED) is 0.139. The number of ether oxygens (including phenoxy) is 1. The second-order valence-corrected chi connectivity index (χ2v) is 2.92. The highest BCUT2D eigenvalue weighted by Crippen LogP contribution is 1.96. The zero-order chi connectivity index (χ0) is 12.6. The van der Waals surface area contributed by atoms with Crippen LogP contribution in [-0.2, 0) is 9.53 Å². The summed E-state index contributed by atoms with van der Waals surface area (Å²) in [6.45, 7) is 0.275. The molecule has 1 atom stereocenters. The summed E-state index contributed by atoms with van der Waals surface area (Å²) in [6.07, 6.45) is 0.895. The molecule has 94 valence electrons. The topological polar surface area (TPSA) is 149 Å². The molecule has 0 saturated carbocycles. The lowest BCUT2D eigenvalue weighted by Crippen LogP contribution is -2.40. The molecule has 0 heterocycles. The third-order valence-electron chi connectivity index (χ3n) is 1.67. The highest BCUT2D eigenvalue weighted by molar-refractivity contribution is 5.77. The molecule has 0 aliphatic heterocycles. The largest absolute Gasteiger partial charge is 0.744 e. The maximum atomic E-state index is 10.9. The standard InChI is InChI=1S/C7H16N5O4/c1-16-6(13)5(8)3-2-4-10-7(9)11-12(14)15/h5,14H,2-4,8H2,1H3,(H3,9,10,11)/q-1/t5-/m1/s1. The first-order chi connectivity index (χ1) is 7.47. The Balaban J connectivity index is 3.70. The summed E-state index contributed by atoms with van der Waals surface area (Å²) in [5.74, 6) is -0.708. The van der Waals surface area contributed by atoms with Crippen molar-refractivity contribution in [1.29, 1.82) is 0 Å². The summed E-state index contributed by atoms with van der Waals surface area (Å²) in [6, 6.07) is -0.691. The van der Waals surface area contributed by atoms with Crippen LogP contribution in [0.3, 0.4) is 0 Å². The Hall–Kier alpha value is -1.42. The third kappa shape index (κ3) is 6.95. The Labute approximate surface area is 92.6 Å². The number of nitrogens with zero attached hydrogens (tertiary/aromatic N) is 2. The predicted octanol–water partition coefficient (Wildman–Crippen LogP) is -1.72. The first-order valence-corrected chi connectivity index (χ1v) is 4.53. The SMILES string of the molecule is COC(=O)[C@H](N)CCCN=C(N)NN([O-])O. The maximum absolute atomic E-state index is 10.9. The fourth-order valence-electron chi connectivity index (χ4n) is 0.913. The van der Waals surface area contributed by atoms with Crippen molar-refractivity contribution in [3.8, 4) is 0 Å². The number of aliphatic imine (C=N–C) groups is 1. The molecule has 0 bridgehead atoms. The Morgan fingerprint density at radius 1 is 1.75 bits per heavy atom. The molecule has 6 N–H and O–H groups in total. The minimum atomic E-state index is -0.691. The molecule has 0 aromatic heterocycles. The molecule has 0 rings (SSSR count). The van der Waals surface area contributed by atoms with E-state index in [4.69, 9.17) is 16.7 Å². The molecule has 9 nitrogen and oxygen atoms in total. The number of esters is 1. The maximum Gasteiger partial charge on any atom is 0.322 e. The van der Waals surface area contributed by atoms with Crippen molar-refractivity contribution in [1.82, 2.24) is 10.8 Å². The Bertz CT molecular complexity index is 245. The number of methoxy groups -OCH3 is 1. The molecule has 16 heavy (non-hydrogen) atoms. The minimum Gasteiger partial charge on any atom is -0.744 e. The molecule has 0 saturated heterocycles. The van der Waals surface area contributed by atoms with Gasteiger partial charge in [-0.2, -0.15) is 5.34 Å². The van der Waals surface area contributed by atoms with E-state index in [2.05, 4.69) is 9.73 Å². The zero-order valence-electron chi connectivity index (χ0n) is 8.92. The average Bonchev–Trinajstić information content (AvgIpc) is 2.21. The molecule has 0 spiro atoms. The second-order valence-electron chi connectivity index (χ2n) is 2.92. The first kappa shape index (κ1) is 14.6. The third-order valence-corrected chi connectivity index (χ3v) is 1.67. The van der Waals surface area contributed by atoms with Crippen molar-refractivity contribution < 1.29 is 14.7 Å². The van der Waals surface area contributed by atoms with E-state index in [9.17, 15) is 10.0 Å². The second kappa shape index (κ2) is 7.82. The minimum absolute atomic E-state index is 0.218. The van der Waals surface area contributed by atoms with Gasteiger partial charge in [0, 0.05) is 6.54 Å². The Kier molecular flexibility index (Phi) is 7.12. The summed E-state index contributed by atoms with van der Waals surface area (Å²) in [5, 5.41) is 17.7. The van der Waals surface area contributed by atoms with E-state index < -0.39 is 17.3 Å². The van der Waals surface area contributed by atoms with Gasteiger partial charge in [0.1, 0.15) is 6.04 Å². The van der Waals surface area contributed by atoms with Crippen LogP contribution < -0.4 is 16.9 Å². The number of guanidine groups is 1. The van der Waals surface area contributed by atoms with Crippen molar-refractivity contribution in [2.24, 2.45) is 16.5 Å². The number of hydrogen-bond donors (Lipinski definition) is 4. The van der Waals surface area contributed by atoms with E-state index in [1.54, 1.807) is 5.43 Å². The highest BCUT2D eigenvalue weighted by Gasteiger charge is 2.12. The molecule has 0 aliphatic carbocycles. The van der Waals surface area contributed by atoms with Gasteiger partial charge in [0.05, 0.1) is 7.11 Å². The van der Waals surface area contributed by atoms with Crippen molar-refractivity contribution in [2.75, 3.05) is 13.7 Å². The number of carbonyl (C=O) groups is 1. The van der Waals surface area contributed by atoms with Gasteiger partial charge < -0.3 is 26.6 Å². The highest BCUT2D eigenvalue weighted by atomic mass is 16.8. The van der Waals surface area contributed by atoms with Gasteiger partial charge in [-0.15, -0.1) is 0 Å². The van der Waals surface area contributed by atoms with Gasteiger partial charge in [-0.3, -0.25) is 15.2 Å². The summed E-state index contributed by atoms with van der Waals surface area (Å²) >= 11 is 0. The van der Waals surface area contributed by atoms with Crippen molar-refractivity contribution in [3.63, 3.8) is 0 Å².